The summed E-state index contributed by atoms with van der Waals surface area (Å²) < 4.78 is 13.5. The van der Waals surface area contributed by atoms with E-state index in [9.17, 15) is 4.39 Å². The van der Waals surface area contributed by atoms with Crippen LogP contribution in [0.2, 0.25) is 0 Å². The molecule has 4 atom stereocenters. The van der Waals surface area contributed by atoms with Crippen LogP contribution in [0.1, 0.15) is 51.7 Å². The fourth-order valence-electron chi connectivity index (χ4n) is 5.21. The molecule has 0 amide bonds. The molecule has 1 heterocycles. The van der Waals surface area contributed by atoms with E-state index in [1.165, 1.54) is 5.56 Å². The average Bonchev–Trinajstić information content (AvgIpc) is 2.58. The van der Waals surface area contributed by atoms with E-state index < -0.39 is 0 Å². The number of benzene rings is 1. The van der Waals surface area contributed by atoms with Gasteiger partial charge < -0.3 is 0 Å². The standard InChI is InChI=1S/C19H28FNO/c1-12-9-14(20)7-8-15(12)19(5)10-13(2)17-16(11-19)18(3,4)22-21(17)6/h7-9,13,16-17H,10-11H2,1-6H3. The van der Waals surface area contributed by atoms with E-state index in [4.69, 9.17) is 4.84 Å². The van der Waals surface area contributed by atoms with Gasteiger partial charge in [0.1, 0.15) is 5.82 Å². The highest BCUT2D eigenvalue weighted by Gasteiger charge is 2.55. The predicted octanol–water partition coefficient (Wildman–Crippen LogP) is 4.46. The van der Waals surface area contributed by atoms with Crippen LogP contribution in [-0.2, 0) is 10.3 Å². The first-order chi connectivity index (χ1) is 10.1. The van der Waals surface area contributed by atoms with E-state index >= 15 is 0 Å². The van der Waals surface area contributed by atoms with Gasteiger partial charge in [0, 0.05) is 19.0 Å². The Kier molecular flexibility index (Phi) is 3.65. The summed E-state index contributed by atoms with van der Waals surface area (Å²) in [6.45, 7) is 11.1. The third-order valence-electron chi connectivity index (χ3n) is 5.97. The topological polar surface area (TPSA) is 12.5 Å². The largest absolute Gasteiger partial charge is 0.293 e. The smallest absolute Gasteiger partial charge is 0.123 e. The average molecular weight is 305 g/mol. The van der Waals surface area contributed by atoms with Crippen LogP contribution in [0.25, 0.3) is 0 Å². The number of hydrogen-bond donors (Lipinski definition) is 0. The van der Waals surface area contributed by atoms with Crippen LogP contribution in [0.15, 0.2) is 18.2 Å². The zero-order valence-electron chi connectivity index (χ0n) is 14.6. The van der Waals surface area contributed by atoms with Crippen LogP contribution in [0, 0.1) is 24.6 Å². The molecule has 3 heteroatoms. The molecule has 0 aromatic heterocycles. The number of aryl methyl sites for hydroxylation is 1. The maximum Gasteiger partial charge on any atom is 0.123 e. The van der Waals surface area contributed by atoms with Gasteiger partial charge in [-0.25, -0.2) is 4.39 Å². The van der Waals surface area contributed by atoms with E-state index in [0.29, 0.717) is 17.9 Å². The molecule has 0 radical (unpaired) electrons. The fourth-order valence-corrected chi connectivity index (χ4v) is 5.21. The molecular weight excluding hydrogens is 277 g/mol. The van der Waals surface area contributed by atoms with Gasteiger partial charge in [0.25, 0.3) is 0 Å². The molecule has 2 nitrogen and oxygen atoms in total. The minimum Gasteiger partial charge on any atom is -0.293 e. The Morgan fingerprint density at radius 1 is 1.23 bits per heavy atom. The van der Waals surface area contributed by atoms with Gasteiger partial charge in [-0.05, 0) is 68.2 Å². The van der Waals surface area contributed by atoms with E-state index in [2.05, 4.69) is 39.8 Å². The molecule has 3 rings (SSSR count). The Morgan fingerprint density at radius 3 is 2.55 bits per heavy atom. The van der Waals surface area contributed by atoms with Gasteiger partial charge in [0.2, 0.25) is 0 Å². The quantitative estimate of drug-likeness (QED) is 0.759. The minimum absolute atomic E-state index is 0.0875. The zero-order chi connectivity index (χ0) is 16.3. The molecule has 2 aliphatic rings. The molecule has 1 saturated heterocycles. The van der Waals surface area contributed by atoms with E-state index in [-0.39, 0.29) is 16.8 Å². The van der Waals surface area contributed by atoms with Crippen LogP contribution in [-0.4, -0.2) is 23.8 Å². The normalized spacial score (nSPS) is 38.0. The number of rotatable bonds is 1. The van der Waals surface area contributed by atoms with Crippen molar-refractivity contribution in [2.75, 3.05) is 7.05 Å². The van der Waals surface area contributed by atoms with Gasteiger partial charge in [-0.2, -0.15) is 5.06 Å². The first kappa shape index (κ1) is 15.9. The molecule has 1 saturated carbocycles. The number of nitrogens with zero attached hydrogens (tertiary/aromatic N) is 1. The molecule has 22 heavy (non-hydrogen) atoms. The van der Waals surface area contributed by atoms with Gasteiger partial charge in [-0.1, -0.05) is 19.9 Å². The van der Waals surface area contributed by atoms with E-state index in [0.717, 1.165) is 18.4 Å². The van der Waals surface area contributed by atoms with Crippen LogP contribution < -0.4 is 0 Å². The SMILES string of the molecule is Cc1cc(F)ccc1C1(C)CC(C)C2C(C1)C(C)(C)ON2C. The number of hydrogen-bond acceptors (Lipinski definition) is 2. The van der Waals surface area contributed by atoms with Crippen molar-refractivity contribution in [2.24, 2.45) is 11.8 Å². The second kappa shape index (κ2) is 5.04. The highest BCUT2D eigenvalue weighted by atomic mass is 19.1. The van der Waals surface area contributed by atoms with Gasteiger partial charge in [-0.3, -0.25) is 4.84 Å². The maximum absolute atomic E-state index is 13.5. The van der Waals surface area contributed by atoms with Crippen molar-refractivity contribution in [2.45, 2.75) is 64.5 Å². The summed E-state index contributed by atoms with van der Waals surface area (Å²) in [5.41, 5.74) is 2.32. The van der Waals surface area contributed by atoms with E-state index in [1.807, 2.05) is 13.0 Å². The van der Waals surface area contributed by atoms with Crippen LogP contribution >= 0.6 is 0 Å². The Hall–Kier alpha value is -0.930. The van der Waals surface area contributed by atoms with Crippen molar-refractivity contribution >= 4 is 0 Å². The lowest BCUT2D eigenvalue weighted by Crippen LogP contribution is -2.48. The Bertz CT molecular complexity index is 585. The van der Waals surface area contributed by atoms with E-state index in [1.54, 1.807) is 12.1 Å². The fraction of sp³-hybridized carbons (Fsp3) is 0.684. The summed E-state index contributed by atoms with van der Waals surface area (Å²) in [6, 6.07) is 5.74. The second-order valence-corrected chi connectivity index (χ2v) is 8.24. The van der Waals surface area contributed by atoms with Crippen molar-refractivity contribution in [3.63, 3.8) is 0 Å². The molecule has 0 spiro atoms. The third-order valence-corrected chi connectivity index (χ3v) is 5.97. The Labute approximate surface area is 133 Å². The summed E-state index contributed by atoms with van der Waals surface area (Å²) in [5, 5.41) is 2.08. The van der Waals surface area contributed by atoms with Crippen LogP contribution in [0.4, 0.5) is 4.39 Å². The highest BCUT2D eigenvalue weighted by Crippen LogP contribution is 2.53. The van der Waals surface area contributed by atoms with Crippen LogP contribution in [0.3, 0.4) is 0 Å². The third kappa shape index (κ3) is 2.39. The number of fused-ring (bicyclic) bond motifs is 1. The number of hydroxylamine groups is 2. The Morgan fingerprint density at radius 2 is 1.91 bits per heavy atom. The van der Waals surface area contributed by atoms with Crippen molar-refractivity contribution in [3.8, 4) is 0 Å². The van der Waals surface area contributed by atoms with Gasteiger partial charge in [0.15, 0.2) is 0 Å². The summed E-state index contributed by atoms with van der Waals surface area (Å²) in [6.07, 6.45) is 2.20. The maximum atomic E-state index is 13.5. The first-order valence-corrected chi connectivity index (χ1v) is 8.33. The lowest BCUT2D eigenvalue weighted by atomic mass is 9.58. The summed E-state index contributed by atoms with van der Waals surface area (Å²) >= 11 is 0. The lowest BCUT2D eigenvalue weighted by molar-refractivity contribution is -0.182. The van der Waals surface area contributed by atoms with Crippen molar-refractivity contribution in [1.29, 1.82) is 0 Å². The molecule has 0 N–H and O–H groups in total. The summed E-state index contributed by atoms with van der Waals surface area (Å²) in [7, 11) is 2.06. The molecule has 1 aromatic carbocycles. The molecule has 2 fully saturated rings. The number of halogens is 1. The van der Waals surface area contributed by atoms with Gasteiger partial charge in [-0.15, -0.1) is 0 Å². The minimum atomic E-state index is -0.143. The van der Waals surface area contributed by atoms with Crippen molar-refractivity contribution in [1.82, 2.24) is 5.06 Å². The molecule has 1 aromatic rings. The molecule has 1 aliphatic carbocycles. The lowest BCUT2D eigenvalue weighted by Gasteiger charge is -2.47. The summed E-state index contributed by atoms with van der Waals surface area (Å²) in [4.78, 5) is 6.12. The predicted molar refractivity (Wildman–Crippen MR) is 87.1 cm³/mol. The molecule has 0 bridgehead atoms. The first-order valence-electron chi connectivity index (χ1n) is 8.33. The molecule has 1 aliphatic heterocycles. The van der Waals surface area contributed by atoms with Crippen molar-refractivity contribution in [3.05, 3.63) is 35.1 Å². The monoisotopic (exact) mass is 305 g/mol. The summed E-state index contributed by atoms with van der Waals surface area (Å²) in [5.74, 6) is 0.909. The Balaban J connectivity index is 1.99. The van der Waals surface area contributed by atoms with Crippen molar-refractivity contribution < 1.29 is 9.23 Å². The highest BCUT2D eigenvalue weighted by molar-refractivity contribution is 5.35. The van der Waals surface area contributed by atoms with Gasteiger partial charge in [0.05, 0.1) is 5.60 Å². The molecule has 122 valence electrons. The van der Waals surface area contributed by atoms with Gasteiger partial charge >= 0.3 is 0 Å². The van der Waals surface area contributed by atoms with Crippen LogP contribution in [0.5, 0.6) is 0 Å². The zero-order valence-corrected chi connectivity index (χ0v) is 14.6. The molecule has 4 unspecified atom stereocenters. The molecular formula is C19H28FNO. The second-order valence-electron chi connectivity index (χ2n) is 8.24.